The Kier molecular flexibility index (Phi) is 9.22. The number of amides is 2. The lowest BCUT2D eigenvalue weighted by Crippen LogP contribution is -2.46. The second-order valence-electron chi connectivity index (χ2n) is 10.1. The number of aliphatic hydroxyl groups is 1. The number of nitrogens with zero attached hydrogens (tertiary/aromatic N) is 2. The van der Waals surface area contributed by atoms with Crippen molar-refractivity contribution >= 4 is 22.7 Å². The maximum Gasteiger partial charge on any atom is 0.253 e. The number of carbonyl (C=O) groups excluding carboxylic acids is 2. The van der Waals surface area contributed by atoms with Crippen LogP contribution in [0.2, 0.25) is 0 Å². The molecule has 34 heavy (non-hydrogen) atoms. The van der Waals surface area contributed by atoms with Gasteiger partial charge in [-0.2, -0.15) is 0 Å². The molecule has 1 aliphatic rings. The largest absolute Gasteiger partial charge is 0.391 e. The number of rotatable bonds is 10. The summed E-state index contributed by atoms with van der Waals surface area (Å²) in [6.45, 7) is 5.87. The molecule has 1 aliphatic carbocycles. The van der Waals surface area contributed by atoms with Crippen molar-refractivity contribution in [2.45, 2.75) is 70.4 Å². The number of benzene rings is 1. The van der Waals surface area contributed by atoms with Crippen LogP contribution in [0.3, 0.4) is 0 Å². The van der Waals surface area contributed by atoms with Crippen molar-refractivity contribution in [3.63, 3.8) is 0 Å². The van der Waals surface area contributed by atoms with Crippen molar-refractivity contribution in [2.24, 2.45) is 11.8 Å². The number of allylic oxidation sites excluding steroid dienone is 1. The quantitative estimate of drug-likeness (QED) is 0.497. The fourth-order valence-corrected chi connectivity index (χ4v) is 5.05. The standard InChI is InChI=1S/C28H39N3O3/c1-19(2)14-22(28(34)31(3)4)17-26(32)25(15-20-10-6-5-7-11-20)30-27(33)23-16-21-12-8-9-13-24(21)29-18-23/h8-9,12-13,16,18,20,22,25-26,32H,1,5-7,10-11,14-15,17H2,2-4H3,(H,30,33)/t22-,25+,26+/m1/s1. The molecule has 184 valence electrons. The molecule has 1 aromatic carbocycles. The Balaban J connectivity index is 1.78. The molecule has 0 bridgehead atoms. The van der Waals surface area contributed by atoms with Gasteiger partial charge in [-0.3, -0.25) is 14.6 Å². The third-order valence-electron chi connectivity index (χ3n) is 6.86. The molecule has 3 atom stereocenters. The summed E-state index contributed by atoms with van der Waals surface area (Å²) >= 11 is 0. The van der Waals surface area contributed by atoms with E-state index in [0.29, 0.717) is 24.3 Å². The van der Waals surface area contributed by atoms with Gasteiger partial charge in [-0.05, 0) is 44.2 Å². The van der Waals surface area contributed by atoms with Crippen molar-refractivity contribution in [3.8, 4) is 0 Å². The Labute approximate surface area is 203 Å². The van der Waals surface area contributed by atoms with Crippen molar-refractivity contribution in [1.29, 1.82) is 0 Å². The molecule has 6 heteroatoms. The van der Waals surface area contributed by atoms with E-state index >= 15 is 0 Å². The van der Waals surface area contributed by atoms with Crippen LogP contribution in [-0.2, 0) is 4.79 Å². The van der Waals surface area contributed by atoms with Gasteiger partial charge in [-0.15, -0.1) is 6.58 Å². The molecule has 1 fully saturated rings. The highest BCUT2D eigenvalue weighted by atomic mass is 16.3. The number of fused-ring (bicyclic) bond motifs is 1. The number of carbonyl (C=O) groups is 2. The fraction of sp³-hybridized carbons (Fsp3) is 0.536. The first-order chi connectivity index (χ1) is 16.2. The SMILES string of the molecule is C=C(C)C[C@H](C[C@H](O)[C@H](CC1CCCCC1)NC(=O)c1cnc2ccccc2c1)C(=O)N(C)C. The van der Waals surface area contributed by atoms with Crippen molar-refractivity contribution in [3.05, 3.63) is 54.2 Å². The monoisotopic (exact) mass is 465 g/mol. The lowest BCUT2D eigenvalue weighted by Gasteiger charge is -2.32. The zero-order valence-corrected chi connectivity index (χ0v) is 20.8. The van der Waals surface area contributed by atoms with Crippen LogP contribution >= 0.6 is 0 Å². The number of pyridine rings is 1. The number of nitrogens with one attached hydrogen (secondary N) is 1. The van der Waals surface area contributed by atoms with E-state index in [1.165, 1.54) is 19.3 Å². The molecular weight excluding hydrogens is 426 g/mol. The van der Waals surface area contributed by atoms with E-state index in [0.717, 1.165) is 29.3 Å². The van der Waals surface area contributed by atoms with E-state index in [9.17, 15) is 14.7 Å². The molecule has 3 rings (SSSR count). The molecule has 0 saturated heterocycles. The van der Waals surface area contributed by atoms with Crippen LogP contribution in [0.15, 0.2) is 48.7 Å². The molecule has 1 heterocycles. The Morgan fingerprint density at radius 3 is 2.59 bits per heavy atom. The summed E-state index contributed by atoms with van der Waals surface area (Å²) in [5.41, 5.74) is 2.22. The van der Waals surface area contributed by atoms with E-state index in [1.807, 2.05) is 37.3 Å². The highest BCUT2D eigenvalue weighted by Gasteiger charge is 2.31. The van der Waals surface area contributed by atoms with Gasteiger partial charge >= 0.3 is 0 Å². The Morgan fingerprint density at radius 2 is 1.91 bits per heavy atom. The van der Waals surface area contributed by atoms with Crippen LogP contribution in [-0.4, -0.2) is 53.0 Å². The summed E-state index contributed by atoms with van der Waals surface area (Å²) in [5, 5.41) is 15.3. The average molecular weight is 466 g/mol. The van der Waals surface area contributed by atoms with Crippen LogP contribution in [0.4, 0.5) is 0 Å². The number of aromatic nitrogens is 1. The van der Waals surface area contributed by atoms with Gasteiger partial charge in [0.1, 0.15) is 0 Å². The zero-order valence-electron chi connectivity index (χ0n) is 20.8. The summed E-state index contributed by atoms with van der Waals surface area (Å²) in [7, 11) is 3.46. The molecule has 0 spiro atoms. The van der Waals surface area contributed by atoms with Crippen LogP contribution < -0.4 is 5.32 Å². The van der Waals surface area contributed by atoms with Crippen LogP contribution in [0.25, 0.3) is 10.9 Å². The van der Waals surface area contributed by atoms with Crippen LogP contribution in [0.5, 0.6) is 0 Å². The highest BCUT2D eigenvalue weighted by molar-refractivity contribution is 5.97. The summed E-state index contributed by atoms with van der Waals surface area (Å²) in [6.07, 6.45) is 8.13. The average Bonchev–Trinajstić information content (AvgIpc) is 2.82. The molecule has 6 nitrogen and oxygen atoms in total. The topological polar surface area (TPSA) is 82.5 Å². The summed E-state index contributed by atoms with van der Waals surface area (Å²) in [5.74, 6) is -0.166. The van der Waals surface area contributed by atoms with Gasteiger partial charge in [0, 0.05) is 31.6 Å². The number of hydrogen-bond donors (Lipinski definition) is 2. The lowest BCUT2D eigenvalue weighted by atomic mass is 9.81. The van der Waals surface area contributed by atoms with Crippen LogP contribution in [0.1, 0.15) is 68.6 Å². The van der Waals surface area contributed by atoms with Crippen LogP contribution in [0, 0.1) is 11.8 Å². The van der Waals surface area contributed by atoms with E-state index in [4.69, 9.17) is 0 Å². The maximum absolute atomic E-state index is 13.2. The molecule has 0 radical (unpaired) electrons. The third-order valence-corrected chi connectivity index (χ3v) is 6.86. The normalized spacial score (nSPS) is 17.1. The molecule has 2 amide bonds. The minimum absolute atomic E-state index is 0.0245. The summed E-state index contributed by atoms with van der Waals surface area (Å²) < 4.78 is 0. The predicted molar refractivity (Wildman–Crippen MR) is 136 cm³/mol. The molecular formula is C28H39N3O3. The number of para-hydroxylation sites is 1. The number of hydrogen-bond acceptors (Lipinski definition) is 4. The van der Waals surface area contributed by atoms with E-state index in [-0.39, 0.29) is 24.2 Å². The lowest BCUT2D eigenvalue weighted by molar-refractivity contribution is -0.134. The molecule has 0 aliphatic heterocycles. The minimum atomic E-state index is -0.826. The van der Waals surface area contributed by atoms with E-state index in [2.05, 4.69) is 16.9 Å². The first-order valence-corrected chi connectivity index (χ1v) is 12.4. The Bertz CT molecular complexity index is 997. The molecule has 2 aromatic rings. The summed E-state index contributed by atoms with van der Waals surface area (Å²) in [6, 6.07) is 9.09. The zero-order chi connectivity index (χ0) is 24.7. The predicted octanol–water partition coefficient (Wildman–Crippen LogP) is 4.73. The second-order valence-corrected chi connectivity index (χ2v) is 10.1. The first kappa shape index (κ1) is 25.9. The Hall–Kier alpha value is -2.73. The third kappa shape index (κ3) is 7.13. The van der Waals surface area contributed by atoms with Gasteiger partial charge in [0.2, 0.25) is 5.91 Å². The molecule has 1 saturated carbocycles. The molecule has 0 unspecified atom stereocenters. The van der Waals surface area contributed by atoms with Crippen molar-refractivity contribution < 1.29 is 14.7 Å². The fourth-order valence-electron chi connectivity index (χ4n) is 5.05. The van der Waals surface area contributed by atoms with Gasteiger partial charge in [0.25, 0.3) is 5.91 Å². The van der Waals surface area contributed by atoms with Gasteiger partial charge < -0.3 is 15.3 Å². The van der Waals surface area contributed by atoms with Gasteiger partial charge in [0.15, 0.2) is 0 Å². The second kappa shape index (κ2) is 12.1. The van der Waals surface area contributed by atoms with Gasteiger partial charge in [-0.1, -0.05) is 55.9 Å². The summed E-state index contributed by atoms with van der Waals surface area (Å²) in [4.78, 5) is 31.9. The van der Waals surface area contributed by atoms with Gasteiger partial charge in [-0.25, -0.2) is 0 Å². The number of aliphatic hydroxyl groups excluding tert-OH is 1. The smallest absolute Gasteiger partial charge is 0.253 e. The maximum atomic E-state index is 13.2. The highest BCUT2D eigenvalue weighted by Crippen LogP contribution is 2.30. The van der Waals surface area contributed by atoms with E-state index < -0.39 is 12.1 Å². The molecule has 2 N–H and O–H groups in total. The van der Waals surface area contributed by atoms with Crippen molar-refractivity contribution in [1.82, 2.24) is 15.2 Å². The van der Waals surface area contributed by atoms with Gasteiger partial charge in [0.05, 0.1) is 23.2 Å². The Morgan fingerprint density at radius 1 is 1.21 bits per heavy atom. The minimum Gasteiger partial charge on any atom is -0.391 e. The van der Waals surface area contributed by atoms with E-state index in [1.54, 1.807) is 25.2 Å². The molecule has 1 aromatic heterocycles. The first-order valence-electron chi connectivity index (χ1n) is 12.4. The van der Waals surface area contributed by atoms with Crippen molar-refractivity contribution in [2.75, 3.05) is 14.1 Å².